The number of carboxylic acids is 1. The van der Waals surface area contributed by atoms with Gasteiger partial charge in [0.2, 0.25) is 12.2 Å². The number of carbonyl (C=O) groups excluding carboxylic acids is 2. The molecule has 5 nitrogen and oxygen atoms in total. The van der Waals surface area contributed by atoms with Crippen LogP contribution in [-0.4, -0.2) is 29.3 Å². The molecule has 11 heavy (non-hydrogen) atoms. The fraction of sp³-hybridized carbons (Fsp3) is 0.500. The van der Waals surface area contributed by atoms with Crippen molar-refractivity contribution in [2.75, 3.05) is 0 Å². The van der Waals surface area contributed by atoms with Crippen molar-refractivity contribution in [3.05, 3.63) is 0 Å². The highest BCUT2D eigenvalue weighted by Crippen LogP contribution is 1.87. The summed E-state index contributed by atoms with van der Waals surface area (Å²) < 4.78 is 0. The largest absolute Gasteiger partial charge is 0.481 e. The van der Waals surface area contributed by atoms with Gasteiger partial charge in [0.05, 0.1) is 6.42 Å². The maximum Gasteiger partial charge on any atom is 0.305 e. The predicted molar refractivity (Wildman–Crippen MR) is 35.6 cm³/mol. The van der Waals surface area contributed by atoms with Crippen LogP contribution < -0.4 is 5.32 Å². The van der Waals surface area contributed by atoms with Crippen LogP contribution in [0, 0.1) is 0 Å². The van der Waals surface area contributed by atoms with E-state index in [0.717, 1.165) is 0 Å². The van der Waals surface area contributed by atoms with Crippen molar-refractivity contribution in [2.45, 2.75) is 19.4 Å². The Morgan fingerprint density at radius 3 is 2.45 bits per heavy atom. The quantitative estimate of drug-likeness (QED) is 0.554. The van der Waals surface area contributed by atoms with Crippen LogP contribution in [0.4, 0.5) is 0 Å². The molecule has 1 atom stereocenters. The molecule has 61 valence electrons. The molecule has 0 aromatic heterocycles. The molecule has 0 aromatic carbocycles. The van der Waals surface area contributed by atoms with E-state index in [9.17, 15) is 14.4 Å². The first kappa shape index (κ1) is 9.61. The first-order valence-electron chi connectivity index (χ1n) is 2.93. The number of carboxylic acid groups (broad SMARTS) is 1. The molecule has 0 spiro atoms. The minimum Gasteiger partial charge on any atom is -0.481 e. The molecule has 1 amide bonds. The van der Waals surface area contributed by atoms with Gasteiger partial charge in [-0.3, -0.25) is 14.4 Å². The first-order valence-corrected chi connectivity index (χ1v) is 2.93. The Labute approximate surface area is 63.4 Å². The Bertz CT molecular complexity index is 161. The number of hydrogen-bond donors (Lipinski definition) is 2. The minimum absolute atomic E-state index is 0.428. The summed E-state index contributed by atoms with van der Waals surface area (Å²) in [5.74, 6) is -1.59. The molecule has 0 fully saturated rings. The minimum atomic E-state index is -1.15. The molecule has 0 aliphatic rings. The van der Waals surface area contributed by atoms with E-state index in [2.05, 4.69) is 5.32 Å². The van der Waals surface area contributed by atoms with E-state index in [1.165, 1.54) is 13.2 Å². The van der Waals surface area contributed by atoms with Gasteiger partial charge in [-0.1, -0.05) is 0 Å². The van der Waals surface area contributed by atoms with Crippen molar-refractivity contribution in [1.29, 1.82) is 0 Å². The lowest BCUT2D eigenvalue weighted by atomic mass is 10.2. The van der Waals surface area contributed by atoms with Gasteiger partial charge in [0, 0.05) is 6.92 Å². The maximum atomic E-state index is 10.3. The average molecular weight is 158 g/mol. The third-order valence-corrected chi connectivity index (χ3v) is 0.898. The number of nitrogens with one attached hydrogen (secondary N) is 1. The summed E-state index contributed by atoms with van der Waals surface area (Å²) in [5, 5.41) is 10.3. The fourth-order valence-corrected chi connectivity index (χ4v) is 0.542. The van der Waals surface area contributed by atoms with Gasteiger partial charge in [0.15, 0.2) is 0 Å². The molecule has 1 radical (unpaired) electrons. The molecule has 5 heteroatoms. The van der Waals surface area contributed by atoms with Crippen LogP contribution in [0.1, 0.15) is 13.3 Å². The number of hydrogen-bond acceptors (Lipinski definition) is 3. The SMILES string of the molecule is CC(=O)N[C@H]([C]=O)CC(=O)O. The van der Waals surface area contributed by atoms with Crippen LogP contribution in [0.2, 0.25) is 0 Å². The van der Waals surface area contributed by atoms with Gasteiger partial charge < -0.3 is 10.4 Å². The van der Waals surface area contributed by atoms with E-state index < -0.39 is 24.3 Å². The number of aliphatic carboxylic acids is 1. The summed E-state index contributed by atoms with van der Waals surface area (Å²) in [6.45, 7) is 1.20. The molecule has 0 saturated heterocycles. The molecule has 0 unspecified atom stereocenters. The van der Waals surface area contributed by atoms with Gasteiger partial charge >= 0.3 is 5.97 Å². The summed E-state index contributed by atoms with van der Waals surface area (Å²) in [6, 6.07) is -1.04. The molecule has 2 N–H and O–H groups in total. The van der Waals surface area contributed by atoms with E-state index in [1.807, 2.05) is 0 Å². The van der Waals surface area contributed by atoms with E-state index >= 15 is 0 Å². The van der Waals surface area contributed by atoms with Gasteiger partial charge in [0.25, 0.3) is 0 Å². The Hall–Kier alpha value is -1.39. The van der Waals surface area contributed by atoms with Crippen LogP contribution in [0.25, 0.3) is 0 Å². The van der Waals surface area contributed by atoms with Gasteiger partial charge in [-0.05, 0) is 0 Å². The molecule has 0 rings (SSSR count). The Morgan fingerprint density at radius 2 is 2.18 bits per heavy atom. The lowest BCUT2D eigenvalue weighted by Gasteiger charge is -2.05. The van der Waals surface area contributed by atoms with Crippen molar-refractivity contribution < 1.29 is 19.5 Å². The summed E-state index contributed by atoms with van der Waals surface area (Å²) >= 11 is 0. The molecule has 0 bridgehead atoms. The van der Waals surface area contributed by atoms with Gasteiger partial charge in [-0.15, -0.1) is 0 Å². The highest BCUT2D eigenvalue weighted by molar-refractivity contribution is 5.80. The first-order chi connectivity index (χ1) is 5.06. The lowest BCUT2D eigenvalue weighted by molar-refractivity contribution is -0.137. The normalized spacial score (nSPS) is 11.7. The van der Waals surface area contributed by atoms with E-state index in [0.29, 0.717) is 0 Å². The van der Waals surface area contributed by atoms with Gasteiger partial charge in [0.1, 0.15) is 6.04 Å². The maximum absolute atomic E-state index is 10.3. The van der Waals surface area contributed by atoms with Gasteiger partial charge in [-0.2, -0.15) is 0 Å². The number of rotatable bonds is 4. The summed E-state index contributed by atoms with van der Waals surface area (Å²) in [7, 11) is 0. The van der Waals surface area contributed by atoms with Crippen molar-refractivity contribution in [3.63, 3.8) is 0 Å². The fourth-order valence-electron chi connectivity index (χ4n) is 0.542. The molecule has 0 aliphatic carbocycles. The second-order valence-corrected chi connectivity index (χ2v) is 1.97. The molecular formula is C6H8NO4. The summed E-state index contributed by atoms with van der Waals surface area (Å²) in [5.41, 5.74) is 0. The number of amides is 1. The van der Waals surface area contributed by atoms with Crippen LogP contribution in [0.15, 0.2) is 0 Å². The monoisotopic (exact) mass is 158 g/mol. The molecule has 0 aliphatic heterocycles. The third-order valence-electron chi connectivity index (χ3n) is 0.898. The van der Waals surface area contributed by atoms with Crippen molar-refractivity contribution in [2.24, 2.45) is 0 Å². The van der Waals surface area contributed by atoms with Crippen LogP contribution in [0.3, 0.4) is 0 Å². The van der Waals surface area contributed by atoms with Crippen LogP contribution >= 0.6 is 0 Å². The zero-order chi connectivity index (χ0) is 8.85. The molecular weight excluding hydrogens is 150 g/mol. The third kappa shape index (κ3) is 5.07. The Morgan fingerprint density at radius 1 is 1.64 bits per heavy atom. The van der Waals surface area contributed by atoms with Crippen molar-refractivity contribution >= 4 is 18.2 Å². The second-order valence-electron chi connectivity index (χ2n) is 1.97. The predicted octanol–water partition coefficient (Wildman–Crippen LogP) is -0.925. The Kier molecular flexibility index (Phi) is 3.87. The average Bonchev–Trinajstić information content (AvgIpc) is 1.84. The van der Waals surface area contributed by atoms with Gasteiger partial charge in [-0.25, -0.2) is 0 Å². The van der Waals surface area contributed by atoms with Crippen molar-refractivity contribution in [1.82, 2.24) is 5.32 Å². The highest BCUT2D eigenvalue weighted by Gasteiger charge is 2.13. The van der Waals surface area contributed by atoms with E-state index in [4.69, 9.17) is 5.11 Å². The summed E-state index contributed by atoms with van der Waals surface area (Å²) in [6.07, 6.45) is 0.974. The van der Waals surface area contributed by atoms with Crippen molar-refractivity contribution in [3.8, 4) is 0 Å². The zero-order valence-electron chi connectivity index (χ0n) is 5.96. The smallest absolute Gasteiger partial charge is 0.305 e. The molecule has 0 saturated carbocycles. The molecule has 0 heterocycles. The highest BCUT2D eigenvalue weighted by atomic mass is 16.4. The summed E-state index contributed by atoms with van der Waals surface area (Å²) in [4.78, 5) is 30.3. The lowest BCUT2D eigenvalue weighted by Crippen LogP contribution is -2.35. The Balaban J connectivity index is 3.85. The van der Waals surface area contributed by atoms with E-state index in [-0.39, 0.29) is 0 Å². The second kappa shape index (κ2) is 4.43. The number of carbonyl (C=O) groups is 2. The topological polar surface area (TPSA) is 83.5 Å². The van der Waals surface area contributed by atoms with Crippen LogP contribution in [-0.2, 0) is 14.4 Å². The zero-order valence-corrected chi connectivity index (χ0v) is 5.96. The standard InChI is InChI=1S/C6H8NO4/c1-4(9)7-5(3-8)2-6(10)11/h5H,2H2,1H3,(H,7,9)(H,10,11)/t5-/m0/s1. The molecule has 0 aromatic rings. The van der Waals surface area contributed by atoms with E-state index in [1.54, 1.807) is 0 Å². The van der Waals surface area contributed by atoms with Crippen LogP contribution in [0.5, 0.6) is 0 Å².